The Morgan fingerprint density at radius 2 is 1.94 bits per heavy atom. The number of aromatic nitrogens is 5. The third-order valence-corrected chi connectivity index (χ3v) is 6.50. The predicted octanol–water partition coefficient (Wildman–Crippen LogP) is 5.49. The molecule has 2 aromatic heterocycles. The number of anilines is 3. The Labute approximate surface area is 206 Å². The number of hydrogen-bond acceptors (Lipinski definition) is 6. The molecule has 2 aromatic carbocycles. The molecule has 0 spiro atoms. The molecule has 1 saturated heterocycles. The van der Waals surface area contributed by atoms with Crippen molar-refractivity contribution in [1.29, 1.82) is 0 Å². The summed E-state index contributed by atoms with van der Waals surface area (Å²) in [5.74, 6) is 2.75. The summed E-state index contributed by atoms with van der Waals surface area (Å²) in [6.07, 6.45) is 6.11. The van der Waals surface area contributed by atoms with Gasteiger partial charge in [0.25, 0.3) is 0 Å². The molecule has 8 heteroatoms. The van der Waals surface area contributed by atoms with E-state index in [1.807, 2.05) is 40.6 Å². The van der Waals surface area contributed by atoms with Crippen molar-refractivity contribution >= 4 is 17.6 Å². The second-order valence-electron chi connectivity index (χ2n) is 9.40. The molecule has 1 unspecified atom stereocenters. The predicted molar refractivity (Wildman–Crippen MR) is 139 cm³/mol. The zero-order valence-electron chi connectivity index (χ0n) is 20.8. The maximum Gasteiger partial charge on any atom is 0.248 e. The Morgan fingerprint density at radius 1 is 1.11 bits per heavy atom. The highest BCUT2D eigenvalue weighted by molar-refractivity contribution is 5.62. The van der Waals surface area contributed by atoms with Crippen LogP contribution in [0.2, 0.25) is 0 Å². The number of benzene rings is 2. The zero-order valence-corrected chi connectivity index (χ0v) is 20.8. The van der Waals surface area contributed by atoms with Gasteiger partial charge < -0.3 is 19.5 Å². The summed E-state index contributed by atoms with van der Waals surface area (Å²) in [4.78, 5) is 11.6. The van der Waals surface area contributed by atoms with Gasteiger partial charge >= 0.3 is 0 Å². The number of hydrogen-bond donors (Lipinski definition) is 1. The van der Waals surface area contributed by atoms with Gasteiger partial charge in [0.15, 0.2) is 0 Å². The van der Waals surface area contributed by atoms with E-state index >= 15 is 0 Å². The second-order valence-corrected chi connectivity index (χ2v) is 9.40. The lowest BCUT2D eigenvalue weighted by atomic mass is 9.91. The van der Waals surface area contributed by atoms with E-state index < -0.39 is 0 Å². The fraction of sp³-hybridized carbons (Fsp3) is 0.370. The first-order valence-corrected chi connectivity index (χ1v) is 12.2. The summed E-state index contributed by atoms with van der Waals surface area (Å²) in [7, 11) is 1.68. The monoisotopic (exact) mass is 471 g/mol. The molecule has 1 aliphatic heterocycles. The standard InChI is InChI=1S/C27H33N7O/c1-19(2)34-27(32-14-8-11-22(17-32)21-9-6-5-7-10-21)30-26(31-34)29-23-12-13-24(25(15-23)35-4)33-16-20(3)28-18-33/h5-7,9-10,12-13,15-16,18-19,22H,8,11,14,17H2,1-4H3,(H,29,31). The molecule has 1 atom stereocenters. The Morgan fingerprint density at radius 3 is 2.66 bits per heavy atom. The van der Waals surface area contributed by atoms with Gasteiger partial charge in [0.2, 0.25) is 11.9 Å². The van der Waals surface area contributed by atoms with Gasteiger partial charge in [-0.2, -0.15) is 4.98 Å². The lowest BCUT2D eigenvalue weighted by Gasteiger charge is -2.34. The topological polar surface area (TPSA) is 73.0 Å². The fourth-order valence-corrected chi connectivity index (χ4v) is 4.74. The van der Waals surface area contributed by atoms with E-state index in [2.05, 4.69) is 59.4 Å². The van der Waals surface area contributed by atoms with Crippen LogP contribution < -0.4 is 15.0 Å². The lowest BCUT2D eigenvalue weighted by Crippen LogP contribution is -2.36. The van der Waals surface area contributed by atoms with Gasteiger partial charge in [-0.25, -0.2) is 9.67 Å². The van der Waals surface area contributed by atoms with Crippen molar-refractivity contribution in [2.75, 3.05) is 30.4 Å². The molecule has 1 fully saturated rings. The Kier molecular flexibility index (Phi) is 6.44. The highest BCUT2D eigenvalue weighted by Crippen LogP contribution is 2.32. The molecule has 1 aliphatic rings. The summed E-state index contributed by atoms with van der Waals surface area (Å²) < 4.78 is 9.64. The number of methoxy groups -OCH3 is 1. The average molecular weight is 472 g/mol. The first-order valence-electron chi connectivity index (χ1n) is 12.2. The molecule has 4 aromatic rings. The molecular weight excluding hydrogens is 438 g/mol. The number of imidazole rings is 1. The van der Waals surface area contributed by atoms with E-state index in [0.29, 0.717) is 11.9 Å². The smallest absolute Gasteiger partial charge is 0.248 e. The van der Waals surface area contributed by atoms with Gasteiger partial charge in [0.1, 0.15) is 5.75 Å². The number of piperidine rings is 1. The highest BCUT2D eigenvalue weighted by atomic mass is 16.5. The first-order chi connectivity index (χ1) is 17.0. The summed E-state index contributed by atoms with van der Waals surface area (Å²) in [6, 6.07) is 17.0. The summed E-state index contributed by atoms with van der Waals surface area (Å²) >= 11 is 0. The summed E-state index contributed by atoms with van der Waals surface area (Å²) in [5.41, 5.74) is 4.15. The number of rotatable bonds is 7. The van der Waals surface area contributed by atoms with E-state index in [0.717, 1.165) is 48.3 Å². The Balaban J connectivity index is 1.39. The van der Waals surface area contributed by atoms with Crippen LogP contribution in [0.1, 0.15) is 49.9 Å². The molecule has 0 radical (unpaired) electrons. The van der Waals surface area contributed by atoms with Gasteiger partial charge in [-0.3, -0.25) is 0 Å². The lowest BCUT2D eigenvalue weighted by molar-refractivity contribution is 0.413. The summed E-state index contributed by atoms with van der Waals surface area (Å²) in [5, 5.41) is 8.20. The molecule has 3 heterocycles. The van der Waals surface area contributed by atoms with E-state index in [1.165, 1.54) is 12.0 Å². The van der Waals surface area contributed by atoms with Crippen LogP contribution in [-0.4, -0.2) is 44.5 Å². The molecule has 1 N–H and O–H groups in total. The van der Waals surface area contributed by atoms with Crippen molar-refractivity contribution in [3.8, 4) is 11.4 Å². The van der Waals surface area contributed by atoms with Crippen molar-refractivity contribution in [3.05, 3.63) is 72.3 Å². The van der Waals surface area contributed by atoms with Gasteiger partial charge in [-0.15, -0.1) is 5.10 Å². The number of ether oxygens (including phenoxy) is 1. The maximum absolute atomic E-state index is 5.66. The molecule has 5 rings (SSSR count). The largest absolute Gasteiger partial charge is 0.494 e. The van der Waals surface area contributed by atoms with Gasteiger partial charge in [0, 0.05) is 37.0 Å². The minimum atomic E-state index is 0.201. The van der Waals surface area contributed by atoms with Crippen molar-refractivity contribution in [2.24, 2.45) is 0 Å². The van der Waals surface area contributed by atoms with E-state index in [4.69, 9.17) is 14.8 Å². The third kappa shape index (κ3) is 4.87. The normalized spacial score (nSPS) is 16.0. The highest BCUT2D eigenvalue weighted by Gasteiger charge is 2.26. The SMILES string of the molecule is COc1cc(Nc2nc(N3CCCC(c4ccccc4)C3)n(C(C)C)n2)ccc1-n1cnc(C)c1. The molecule has 0 aliphatic carbocycles. The zero-order chi connectivity index (χ0) is 24.4. The maximum atomic E-state index is 5.66. The fourth-order valence-electron chi connectivity index (χ4n) is 4.74. The van der Waals surface area contributed by atoms with E-state index in [9.17, 15) is 0 Å². The van der Waals surface area contributed by atoms with Crippen LogP contribution in [0.15, 0.2) is 61.1 Å². The Hall–Kier alpha value is -3.81. The van der Waals surface area contributed by atoms with Gasteiger partial charge in [0.05, 0.1) is 30.9 Å². The van der Waals surface area contributed by atoms with Gasteiger partial charge in [-0.1, -0.05) is 30.3 Å². The third-order valence-electron chi connectivity index (χ3n) is 6.50. The molecule has 0 amide bonds. The van der Waals surface area contributed by atoms with Crippen molar-refractivity contribution in [2.45, 2.75) is 45.6 Å². The second kappa shape index (κ2) is 9.82. The van der Waals surface area contributed by atoms with E-state index in [1.54, 1.807) is 13.4 Å². The van der Waals surface area contributed by atoms with E-state index in [-0.39, 0.29) is 6.04 Å². The minimum absolute atomic E-state index is 0.201. The van der Waals surface area contributed by atoms with Crippen LogP contribution in [0.25, 0.3) is 5.69 Å². The molecule has 0 saturated carbocycles. The molecule has 35 heavy (non-hydrogen) atoms. The van der Waals surface area contributed by atoms with Crippen LogP contribution in [0, 0.1) is 6.92 Å². The van der Waals surface area contributed by atoms with Crippen LogP contribution >= 0.6 is 0 Å². The summed E-state index contributed by atoms with van der Waals surface area (Å²) in [6.45, 7) is 8.19. The van der Waals surface area contributed by atoms with Crippen LogP contribution in [0.5, 0.6) is 5.75 Å². The minimum Gasteiger partial charge on any atom is -0.494 e. The van der Waals surface area contributed by atoms with Crippen molar-refractivity contribution in [3.63, 3.8) is 0 Å². The van der Waals surface area contributed by atoms with Crippen LogP contribution in [0.3, 0.4) is 0 Å². The first kappa shape index (κ1) is 23.0. The molecular formula is C27H33N7O. The van der Waals surface area contributed by atoms with Crippen molar-refractivity contribution in [1.82, 2.24) is 24.3 Å². The molecule has 8 nitrogen and oxygen atoms in total. The quantitative estimate of drug-likeness (QED) is 0.384. The van der Waals surface area contributed by atoms with Crippen LogP contribution in [-0.2, 0) is 0 Å². The Bertz CT molecular complexity index is 1280. The van der Waals surface area contributed by atoms with Crippen molar-refractivity contribution < 1.29 is 4.74 Å². The number of nitrogens with zero attached hydrogens (tertiary/aromatic N) is 6. The van der Waals surface area contributed by atoms with Crippen LogP contribution in [0.4, 0.5) is 17.6 Å². The van der Waals surface area contributed by atoms with Gasteiger partial charge in [-0.05, 0) is 51.3 Å². The molecule has 182 valence electrons. The number of nitrogens with one attached hydrogen (secondary N) is 1. The number of aryl methyl sites for hydroxylation is 1. The molecule has 0 bridgehead atoms. The average Bonchev–Trinajstić information content (AvgIpc) is 3.51.